The van der Waals surface area contributed by atoms with Gasteiger partial charge in [-0.25, -0.2) is 0 Å². The lowest BCUT2D eigenvalue weighted by molar-refractivity contribution is -0.0204. The molecule has 0 amide bonds. The zero-order chi connectivity index (χ0) is 55.3. The molecule has 4 fully saturated rings. The van der Waals surface area contributed by atoms with Crippen LogP contribution in [0.4, 0.5) is 0 Å². The zero-order valence-corrected chi connectivity index (χ0v) is 47.5. The molecule has 0 saturated carbocycles. The molecule has 4 aromatic rings. The zero-order valence-electron chi connectivity index (χ0n) is 45.9. The second-order valence-corrected chi connectivity index (χ2v) is 21.8. The SMILES string of the molecule is C.C#CCCBr.C#CCCN1CCC(O)(Cc2ccccc2)CC1.NCC#CCCN1CCC(O)(Cc2ccccc2)CC1.OC1(Cc2ccccc2)CCNCC1.OCC#CCCN1CCC(O)(Cc2ccccc2)CC1. The topological polar surface area (TPSA) is 149 Å². The van der Waals surface area contributed by atoms with Gasteiger partial charge in [-0.05, 0) is 86.7 Å². The highest BCUT2D eigenvalue weighted by Crippen LogP contribution is 2.29. The Labute approximate surface area is 479 Å². The summed E-state index contributed by atoms with van der Waals surface area (Å²) in [5.74, 6) is 16.7. The van der Waals surface area contributed by atoms with Crippen molar-refractivity contribution in [3.8, 4) is 48.4 Å². The number of aliphatic hydroxyl groups excluding tert-OH is 1. The van der Waals surface area contributed by atoms with Gasteiger partial charge in [0.1, 0.15) is 6.61 Å². The summed E-state index contributed by atoms with van der Waals surface area (Å²) in [5, 5.41) is 55.0. The first-order valence-corrected chi connectivity index (χ1v) is 29.1. The number of terminal acetylenes is 2. The van der Waals surface area contributed by atoms with E-state index in [-0.39, 0.29) is 14.0 Å². The number of aliphatic hydroxyl groups is 5. The van der Waals surface area contributed by atoms with Gasteiger partial charge in [-0.3, -0.25) is 0 Å². The van der Waals surface area contributed by atoms with Gasteiger partial charge in [-0.15, -0.1) is 30.6 Å². The largest absolute Gasteiger partial charge is 0.389 e. The Morgan fingerprint density at radius 2 is 0.744 bits per heavy atom. The molecule has 4 aliphatic heterocycles. The second kappa shape index (κ2) is 38.7. The number of halogens is 1. The van der Waals surface area contributed by atoms with Crippen molar-refractivity contribution in [2.24, 2.45) is 5.73 Å². The number of hydrogen-bond donors (Lipinski definition) is 7. The minimum atomic E-state index is -0.561. The van der Waals surface area contributed by atoms with Crippen molar-refractivity contribution in [1.82, 2.24) is 20.0 Å². The Kier molecular flexibility index (Phi) is 33.5. The second-order valence-electron chi connectivity index (χ2n) is 21.0. The number of likely N-dealkylation sites (tertiary alicyclic amines) is 3. The fourth-order valence-electron chi connectivity index (χ4n) is 10.1. The molecule has 78 heavy (non-hydrogen) atoms. The highest BCUT2D eigenvalue weighted by molar-refractivity contribution is 9.09. The predicted octanol–water partition coefficient (Wildman–Crippen LogP) is 8.31. The molecule has 4 saturated heterocycles. The van der Waals surface area contributed by atoms with E-state index in [4.69, 9.17) is 23.7 Å². The van der Waals surface area contributed by atoms with Crippen LogP contribution < -0.4 is 11.1 Å². The lowest BCUT2D eigenvalue weighted by Crippen LogP contribution is -2.45. The third-order valence-corrected chi connectivity index (χ3v) is 15.1. The van der Waals surface area contributed by atoms with E-state index >= 15 is 0 Å². The summed E-state index contributed by atoms with van der Waals surface area (Å²) in [6, 6.07) is 40.9. The molecule has 424 valence electrons. The molecular weight excluding hydrogens is 1030 g/mol. The molecule has 0 spiro atoms. The number of rotatable bonds is 15. The fraction of sp³-hybridized carbons (Fsp3) is 0.522. The summed E-state index contributed by atoms with van der Waals surface area (Å²) in [6.45, 7) is 10.8. The van der Waals surface area contributed by atoms with Crippen molar-refractivity contribution < 1.29 is 25.5 Å². The van der Waals surface area contributed by atoms with Crippen LogP contribution in [0.25, 0.3) is 0 Å². The van der Waals surface area contributed by atoms with Crippen molar-refractivity contribution in [3.05, 3.63) is 144 Å². The van der Waals surface area contributed by atoms with Crippen molar-refractivity contribution in [2.75, 3.05) is 90.5 Å². The number of alkyl halides is 1. The van der Waals surface area contributed by atoms with Crippen LogP contribution in [0.2, 0.25) is 0 Å². The van der Waals surface area contributed by atoms with Crippen LogP contribution >= 0.6 is 15.9 Å². The van der Waals surface area contributed by atoms with Gasteiger partial charge in [0.15, 0.2) is 0 Å². The number of hydrogen-bond acceptors (Lipinski definition) is 10. The molecule has 11 heteroatoms. The van der Waals surface area contributed by atoms with E-state index in [1.54, 1.807) is 0 Å². The van der Waals surface area contributed by atoms with E-state index in [1.165, 1.54) is 22.3 Å². The Balaban J connectivity index is 0.000000266. The van der Waals surface area contributed by atoms with Crippen molar-refractivity contribution >= 4 is 15.9 Å². The molecule has 4 aromatic carbocycles. The number of piperidine rings is 4. The summed E-state index contributed by atoms with van der Waals surface area (Å²) in [7, 11) is 0. The lowest BCUT2D eigenvalue weighted by Gasteiger charge is -2.38. The van der Waals surface area contributed by atoms with E-state index in [2.05, 4.69) is 120 Å². The van der Waals surface area contributed by atoms with Crippen LogP contribution in [0.1, 0.15) is 107 Å². The number of nitrogens with zero attached hydrogens (tertiary/aromatic N) is 3. The number of benzene rings is 4. The fourth-order valence-corrected chi connectivity index (χ4v) is 10.3. The number of nitrogens with two attached hydrogens (primary N) is 1. The minimum absolute atomic E-state index is 0. The lowest BCUT2D eigenvalue weighted by atomic mass is 9.85. The van der Waals surface area contributed by atoms with Gasteiger partial charge in [0, 0.05) is 116 Å². The van der Waals surface area contributed by atoms with Gasteiger partial charge >= 0.3 is 0 Å². The monoisotopic (exact) mass is 1130 g/mol. The van der Waals surface area contributed by atoms with Gasteiger partial charge in [0.2, 0.25) is 0 Å². The normalized spacial score (nSPS) is 18.0. The minimum Gasteiger partial charge on any atom is -0.389 e. The highest BCUT2D eigenvalue weighted by Gasteiger charge is 2.34. The maximum Gasteiger partial charge on any atom is 0.104 e. The van der Waals surface area contributed by atoms with E-state index in [0.29, 0.717) is 6.54 Å². The molecule has 4 heterocycles. The highest BCUT2D eigenvalue weighted by atomic mass is 79.9. The maximum atomic E-state index is 10.7. The predicted molar refractivity (Wildman–Crippen MR) is 328 cm³/mol. The summed E-state index contributed by atoms with van der Waals surface area (Å²) < 4.78 is 0. The standard InChI is InChI=1S/C17H24N2O.C17H23NO2.C16H21NO.C12H17NO.C4H5Br.CH4/c18-11-5-2-6-12-19-13-9-17(20,10-14-19)15-16-7-3-1-4-8-16;19-14-6-2-5-11-18-12-9-17(20,10-13-18)15-16-7-3-1-4-8-16;1-2-3-11-17-12-9-16(18,10-13-17)14-15-7-5-4-6-8-15;14-12(6-8-13-9-7-12)10-11-4-2-1-3-5-11;1-2-3-4-5;/h1,3-4,7-8,20H,6,9-15,18H2;1,3-4,7-8,19-20H,5,9-15H2;1,4-8,18H,3,9-14H2;1-5,13-14H,6-10H2;1H,3-4H2;1H4. The maximum absolute atomic E-state index is 10.7. The average molecular weight is 1130 g/mol. The smallest absolute Gasteiger partial charge is 0.104 e. The number of nitrogens with one attached hydrogen (secondary N) is 1. The van der Waals surface area contributed by atoms with Crippen LogP contribution in [-0.4, -0.2) is 153 Å². The van der Waals surface area contributed by atoms with Gasteiger partial charge < -0.3 is 51.3 Å². The van der Waals surface area contributed by atoms with Crippen molar-refractivity contribution in [1.29, 1.82) is 0 Å². The third kappa shape index (κ3) is 28.4. The molecule has 0 bridgehead atoms. The summed E-state index contributed by atoms with van der Waals surface area (Å²) in [4.78, 5) is 7.06. The van der Waals surface area contributed by atoms with Crippen LogP contribution in [0.15, 0.2) is 121 Å². The van der Waals surface area contributed by atoms with Gasteiger partial charge in [0.05, 0.1) is 28.9 Å². The molecule has 0 aliphatic carbocycles. The molecule has 0 unspecified atom stereocenters. The molecule has 0 atom stereocenters. The molecule has 0 radical (unpaired) electrons. The van der Waals surface area contributed by atoms with Crippen LogP contribution in [0, 0.1) is 48.4 Å². The van der Waals surface area contributed by atoms with Crippen LogP contribution in [-0.2, 0) is 25.7 Å². The first-order chi connectivity index (χ1) is 37.4. The van der Waals surface area contributed by atoms with Crippen LogP contribution in [0.5, 0.6) is 0 Å². The van der Waals surface area contributed by atoms with Gasteiger partial charge in [0.25, 0.3) is 0 Å². The van der Waals surface area contributed by atoms with Crippen molar-refractivity contribution in [3.63, 3.8) is 0 Å². The molecule has 8 N–H and O–H groups in total. The third-order valence-electron chi connectivity index (χ3n) is 14.7. The molecule has 8 rings (SSSR count). The first kappa shape index (κ1) is 67.5. The Morgan fingerprint density at radius 1 is 0.449 bits per heavy atom. The van der Waals surface area contributed by atoms with Gasteiger partial charge in [-0.2, -0.15) is 0 Å². The summed E-state index contributed by atoms with van der Waals surface area (Å²) in [5.41, 5.74) is 8.10. The molecule has 0 aromatic heterocycles. The summed E-state index contributed by atoms with van der Waals surface area (Å²) in [6.07, 6.45) is 23.2. The van der Waals surface area contributed by atoms with Crippen molar-refractivity contribution in [2.45, 2.75) is 133 Å². The quantitative estimate of drug-likeness (QED) is 0.0458. The summed E-state index contributed by atoms with van der Waals surface area (Å²) >= 11 is 3.17. The Hall–Kier alpha value is -4.80. The average Bonchev–Trinajstić information content (AvgIpc) is 3.44. The van der Waals surface area contributed by atoms with Crippen LogP contribution in [0.3, 0.4) is 0 Å². The van der Waals surface area contributed by atoms with E-state index in [9.17, 15) is 20.4 Å². The van der Waals surface area contributed by atoms with Gasteiger partial charge in [-0.1, -0.05) is 162 Å². The molecule has 10 nitrogen and oxygen atoms in total. The molecular formula is C67H94BrN5O5. The Morgan fingerprint density at radius 3 is 1.01 bits per heavy atom. The Bertz CT molecular complexity index is 2270. The van der Waals surface area contributed by atoms with E-state index in [1.807, 2.05) is 72.8 Å². The van der Waals surface area contributed by atoms with E-state index in [0.717, 1.165) is 180 Å². The van der Waals surface area contributed by atoms with E-state index < -0.39 is 22.4 Å². The molecule has 4 aliphatic rings. The first-order valence-electron chi connectivity index (χ1n) is 27.9.